The lowest BCUT2D eigenvalue weighted by Crippen LogP contribution is -2.07. The number of nitrogens with zero attached hydrogens (tertiary/aromatic N) is 3. The fourth-order valence-corrected chi connectivity index (χ4v) is 1.87. The topological polar surface area (TPSA) is 60.2 Å². The highest BCUT2D eigenvalue weighted by atomic mass is 16.5. The highest BCUT2D eigenvalue weighted by Crippen LogP contribution is 2.14. The largest absolute Gasteiger partial charge is 0.486 e. The van der Waals surface area contributed by atoms with Gasteiger partial charge in [-0.1, -0.05) is 12.1 Å². The third-order valence-corrected chi connectivity index (χ3v) is 2.82. The first-order valence-corrected chi connectivity index (χ1v) is 6.45. The minimum Gasteiger partial charge on any atom is -0.486 e. The minimum atomic E-state index is -0.324. The van der Waals surface area contributed by atoms with Crippen molar-refractivity contribution in [1.29, 1.82) is 0 Å². The van der Waals surface area contributed by atoms with Gasteiger partial charge in [-0.05, 0) is 38.0 Å². The molecule has 1 unspecified atom stereocenters. The molecule has 102 valence electrons. The molecule has 0 aliphatic heterocycles. The summed E-state index contributed by atoms with van der Waals surface area (Å²) in [6, 6.07) is 7.74. The van der Waals surface area contributed by atoms with E-state index < -0.39 is 0 Å². The summed E-state index contributed by atoms with van der Waals surface area (Å²) in [5.41, 5.74) is 1.10. The van der Waals surface area contributed by atoms with Crippen molar-refractivity contribution in [3.63, 3.8) is 0 Å². The van der Waals surface area contributed by atoms with E-state index in [4.69, 9.17) is 4.74 Å². The van der Waals surface area contributed by atoms with Gasteiger partial charge in [-0.25, -0.2) is 9.67 Å². The van der Waals surface area contributed by atoms with Gasteiger partial charge in [0.15, 0.2) is 5.82 Å². The van der Waals surface area contributed by atoms with E-state index in [-0.39, 0.29) is 6.10 Å². The van der Waals surface area contributed by atoms with Gasteiger partial charge >= 0.3 is 0 Å². The molecular weight excluding hydrogens is 242 g/mol. The van der Waals surface area contributed by atoms with Gasteiger partial charge in [0.1, 0.15) is 18.7 Å². The maximum Gasteiger partial charge on any atom is 0.164 e. The third-order valence-electron chi connectivity index (χ3n) is 2.82. The SMILES string of the molecule is CCn1ncnc1COc1ccc(CC(C)O)cc1. The number of benzene rings is 1. The van der Waals surface area contributed by atoms with Crippen LogP contribution in [0.1, 0.15) is 25.2 Å². The molecule has 0 aliphatic rings. The molecule has 1 aromatic heterocycles. The minimum absolute atomic E-state index is 0.324. The number of hydrogen-bond acceptors (Lipinski definition) is 4. The first-order chi connectivity index (χ1) is 9.19. The molecule has 0 radical (unpaired) electrons. The maximum atomic E-state index is 9.31. The molecule has 0 saturated heterocycles. The molecule has 2 aromatic rings. The Balaban J connectivity index is 1.93. The second-order valence-electron chi connectivity index (χ2n) is 4.48. The lowest BCUT2D eigenvalue weighted by Gasteiger charge is -2.08. The van der Waals surface area contributed by atoms with Gasteiger partial charge in [-0.2, -0.15) is 5.10 Å². The number of rotatable bonds is 6. The summed E-state index contributed by atoms with van der Waals surface area (Å²) in [5, 5.41) is 13.4. The monoisotopic (exact) mass is 261 g/mol. The molecule has 1 N–H and O–H groups in total. The highest BCUT2D eigenvalue weighted by Gasteiger charge is 2.04. The third kappa shape index (κ3) is 3.79. The van der Waals surface area contributed by atoms with Crippen molar-refractivity contribution in [3.8, 4) is 5.75 Å². The van der Waals surface area contributed by atoms with Crippen LogP contribution in [0.25, 0.3) is 0 Å². The van der Waals surface area contributed by atoms with Gasteiger partial charge in [-0.3, -0.25) is 0 Å². The van der Waals surface area contributed by atoms with E-state index in [1.807, 2.05) is 35.9 Å². The van der Waals surface area contributed by atoms with E-state index in [9.17, 15) is 5.11 Å². The zero-order valence-corrected chi connectivity index (χ0v) is 11.3. The van der Waals surface area contributed by atoms with Crippen LogP contribution < -0.4 is 4.74 Å². The Morgan fingerprint density at radius 2 is 2.05 bits per heavy atom. The van der Waals surface area contributed by atoms with Gasteiger partial charge in [0.05, 0.1) is 6.10 Å². The molecule has 0 fully saturated rings. The lowest BCUT2D eigenvalue weighted by molar-refractivity contribution is 0.195. The van der Waals surface area contributed by atoms with Gasteiger partial charge in [0, 0.05) is 6.54 Å². The van der Waals surface area contributed by atoms with Crippen molar-refractivity contribution in [2.24, 2.45) is 0 Å². The molecule has 2 rings (SSSR count). The average molecular weight is 261 g/mol. The van der Waals surface area contributed by atoms with E-state index in [0.29, 0.717) is 13.0 Å². The van der Waals surface area contributed by atoms with Crippen LogP contribution in [0.5, 0.6) is 5.75 Å². The molecule has 5 nitrogen and oxygen atoms in total. The van der Waals surface area contributed by atoms with Gasteiger partial charge < -0.3 is 9.84 Å². The fourth-order valence-electron chi connectivity index (χ4n) is 1.87. The number of aryl methyl sites for hydroxylation is 1. The van der Waals surface area contributed by atoms with Crippen molar-refractivity contribution in [2.75, 3.05) is 0 Å². The number of hydrogen-bond donors (Lipinski definition) is 1. The van der Waals surface area contributed by atoms with Crippen molar-refractivity contribution in [1.82, 2.24) is 14.8 Å². The van der Waals surface area contributed by atoms with Crippen LogP contribution in [0.15, 0.2) is 30.6 Å². The summed E-state index contributed by atoms with van der Waals surface area (Å²) in [6.45, 7) is 4.99. The van der Waals surface area contributed by atoms with E-state index in [1.165, 1.54) is 6.33 Å². The normalized spacial score (nSPS) is 12.4. The molecule has 1 heterocycles. The van der Waals surface area contributed by atoms with Crippen LogP contribution >= 0.6 is 0 Å². The molecule has 0 amide bonds. The predicted molar refractivity (Wildman–Crippen MR) is 71.9 cm³/mol. The van der Waals surface area contributed by atoms with E-state index in [2.05, 4.69) is 10.1 Å². The van der Waals surface area contributed by atoms with Crippen molar-refractivity contribution in [2.45, 2.75) is 39.5 Å². The first kappa shape index (κ1) is 13.5. The summed E-state index contributed by atoms with van der Waals surface area (Å²) in [4.78, 5) is 4.15. The second kappa shape index (κ2) is 6.33. The maximum absolute atomic E-state index is 9.31. The van der Waals surface area contributed by atoms with E-state index >= 15 is 0 Å². The summed E-state index contributed by atoms with van der Waals surface area (Å²) < 4.78 is 7.47. The Kier molecular flexibility index (Phi) is 4.52. The molecule has 0 aliphatic carbocycles. The lowest BCUT2D eigenvalue weighted by atomic mass is 10.1. The molecule has 0 spiro atoms. The quantitative estimate of drug-likeness (QED) is 0.861. The Labute approximate surface area is 112 Å². The van der Waals surface area contributed by atoms with Gasteiger partial charge in [-0.15, -0.1) is 0 Å². The first-order valence-electron chi connectivity index (χ1n) is 6.45. The molecule has 1 aromatic carbocycles. The van der Waals surface area contributed by atoms with Crippen LogP contribution in [0.3, 0.4) is 0 Å². The van der Waals surface area contributed by atoms with Crippen LogP contribution in [-0.4, -0.2) is 26.0 Å². The Morgan fingerprint density at radius 1 is 1.32 bits per heavy atom. The number of aromatic nitrogens is 3. The molecule has 1 atom stereocenters. The number of aliphatic hydroxyl groups is 1. The van der Waals surface area contributed by atoms with Gasteiger partial charge in [0.25, 0.3) is 0 Å². The Bertz CT molecular complexity index is 506. The van der Waals surface area contributed by atoms with E-state index in [1.54, 1.807) is 6.92 Å². The number of ether oxygens (including phenoxy) is 1. The molecule has 19 heavy (non-hydrogen) atoms. The standard InChI is InChI=1S/C14H19N3O2/c1-3-17-14(15-10-16-17)9-19-13-6-4-12(5-7-13)8-11(2)18/h4-7,10-11,18H,3,8-9H2,1-2H3. The van der Waals surface area contributed by atoms with Crippen LogP contribution in [0.4, 0.5) is 0 Å². The van der Waals surface area contributed by atoms with Crippen molar-refractivity contribution >= 4 is 0 Å². The zero-order chi connectivity index (χ0) is 13.7. The van der Waals surface area contributed by atoms with Crippen LogP contribution in [0, 0.1) is 0 Å². The molecule has 0 bridgehead atoms. The summed E-state index contributed by atoms with van der Waals surface area (Å²) in [7, 11) is 0. The van der Waals surface area contributed by atoms with Crippen LogP contribution in [-0.2, 0) is 19.6 Å². The average Bonchev–Trinajstić information content (AvgIpc) is 2.84. The number of aliphatic hydroxyl groups excluding tert-OH is 1. The highest BCUT2D eigenvalue weighted by molar-refractivity contribution is 5.27. The second-order valence-corrected chi connectivity index (χ2v) is 4.48. The summed E-state index contributed by atoms with van der Waals surface area (Å²) in [5.74, 6) is 1.61. The van der Waals surface area contributed by atoms with E-state index in [0.717, 1.165) is 23.7 Å². The zero-order valence-electron chi connectivity index (χ0n) is 11.3. The van der Waals surface area contributed by atoms with Gasteiger partial charge in [0.2, 0.25) is 0 Å². The molecule has 5 heteroatoms. The smallest absolute Gasteiger partial charge is 0.164 e. The molecular formula is C14H19N3O2. The summed E-state index contributed by atoms with van der Waals surface area (Å²) in [6.07, 6.45) is 1.87. The van der Waals surface area contributed by atoms with Crippen molar-refractivity contribution in [3.05, 3.63) is 42.0 Å². The van der Waals surface area contributed by atoms with Crippen molar-refractivity contribution < 1.29 is 9.84 Å². The van der Waals surface area contributed by atoms with Crippen LogP contribution in [0.2, 0.25) is 0 Å². The molecule has 0 saturated carbocycles. The predicted octanol–water partition coefficient (Wildman–Crippen LogP) is 1.80. The fraction of sp³-hybridized carbons (Fsp3) is 0.429. The Hall–Kier alpha value is -1.88. The Morgan fingerprint density at radius 3 is 2.68 bits per heavy atom. The summed E-state index contributed by atoms with van der Waals surface area (Å²) >= 11 is 0.